The molecule has 1 aliphatic rings. The van der Waals surface area contributed by atoms with E-state index in [1.165, 1.54) is 0 Å². The molecule has 0 aromatic carbocycles. The Morgan fingerprint density at radius 1 is 1.50 bits per heavy atom. The SMILES string of the molecule is C[C@@H]1CCCN(S(=O)(=O)c2ccc(Cl)s2)C1. The lowest BCUT2D eigenvalue weighted by Crippen LogP contribution is -2.38. The molecule has 1 aromatic heterocycles. The molecular weight excluding hydrogens is 266 g/mol. The maximum Gasteiger partial charge on any atom is 0.252 e. The molecule has 2 heterocycles. The molecule has 1 aliphatic heterocycles. The highest BCUT2D eigenvalue weighted by Crippen LogP contribution is 2.30. The summed E-state index contributed by atoms with van der Waals surface area (Å²) in [6, 6.07) is 3.22. The molecule has 1 aromatic rings. The van der Waals surface area contributed by atoms with Crippen molar-refractivity contribution in [3.05, 3.63) is 16.5 Å². The second-order valence-electron chi connectivity index (χ2n) is 4.17. The van der Waals surface area contributed by atoms with Gasteiger partial charge in [-0.25, -0.2) is 8.42 Å². The molecule has 90 valence electrons. The number of hydrogen-bond acceptors (Lipinski definition) is 3. The van der Waals surface area contributed by atoms with Crippen LogP contribution in [0.4, 0.5) is 0 Å². The lowest BCUT2D eigenvalue weighted by molar-refractivity contribution is 0.281. The van der Waals surface area contributed by atoms with Gasteiger partial charge in [0, 0.05) is 13.1 Å². The first-order valence-electron chi connectivity index (χ1n) is 5.25. The van der Waals surface area contributed by atoms with Gasteiger partial charge < -0.3 is 0 Å². The van der Waals surface area contributed by atoms with Crippen molar-refractivity contribution in [3.63, 3.8) is 0 Å². The fourth-order valence-corrected chi connectivity index (χ4v) is 5.16. The van der Waals surface area contributed by atoms with Gasteiger partial charge in [-0.2, -0.15) is 4.31 Å². The molecule has 1 fully saturated rings. The molecule has 0 N–H and O–H groups in total. The zero-order valence-corrected chi connectivity index (χ0v) is 11.4. The van der Waals surface area contributed by atoms with Crippen molar-refractivity contribution in [1.82, 2.24) is 4.31 Å². The molecule has 0 amide bonds. The van der Waals surface area contributed by atoms with Gasteiger partial charge in [0.25, 0.3) is 10.0 Å². The van der Waals surface area contributed by atoms with E-state index in [1.54, 1.807) is 16.4 Å². The lowest BCUT2D eigenvalue weighted by Gasteiger charge is -2.29. The summed E-state index contributed by atoms with van der Waals surface area (Å²) in [5, 5.41) is 0. The lowest BCUT2D eigenvalue weighted by atomic mass is 10.0. The van der Waals surface area contributed by atoms with Gasteiger partial charge >= 0.3 is 0 Å². The Labute approximate surface area is 105 Å². The molecule has 1 atom stereocenters. The minimum Gasteiger partial charge on any atom is -0.206 e. The predicted octanol–water partition coefficient (Wildman–Crippen LogP) is 2.82. The first-order chi connectivity index (χ1) is 7.50. The van der Waals surface area contributed by atoms with E-state index in [4.69, 9.17) is 11.6 Å². The van der Waals surface area contributed by atoms with Crippen molar-refractivity contribution in [2.45, 2.75) is 24.0 Å². The van der Waals surface area contributed by atoms with Crippen LogP contribution in [-0.2, 0) is 10.0 Å². The molecule has 0 saturated carbocycles. The zero-order chi connectivity index (χ0) is 11.8. The van der Waals surface area contributed by atoms with Gasteiger partial charge in [-0.05, 0) is 30.9 Å². The van der Waals surface area contributed by atoms with Crippen molar-refractivity contribution in [1.29, 1.82) is 0 Å². The average molecular weight is 280 g/mol. The monoisotopic (exact) mass is 279 g/mol. The first-order valence-corrected chi connectivity index (χ1v) is 7.89. The third-order valence-corrected chi connectivity index (χ3v) is 6.33. The summed E-state index contributed by atoms with van der Waals surface area (Å²) in [6.07, 6.45) is 2.05. The van der Waals surface area contributed by atoms with Gasteiger partial charge in [-0.3, -0.25) is 0 Å². The van der Waals surface area contributed by atoms with E-state index >= 15 is 0 Å². The van der Waals surface area contributed by atoms with Crippen LogP contribution in [0, 0.1) is 5.92 Å². The zero-order valence-electron chi connectivity index (χ0n) is 9.02. The van der Waals surface area contributed by atoms with Gasteiger partial charge in [-0.1, -0.05) is 18.5 Å². The molecule has 0 unspecified atom stereocenters. The van der Waals surface area contributed by atoms with Crippen LogP contribution in [0.3, 0.4) is 0 Å². The van der Waals surface area contributed by atoms with Crippen LogP contribution >= 0.6 is 22.9 Å². The van der Waals surface area contributed by atoms with Crippen LogP contribution in [0.2, 0.25) is 4.34 Å². The van der Waals surface area contributed by atoms with Gasteiger partial charge in [0.05, 0.1) is 4.34 Å². The van der Waals surface area contributed by atoms with E-state index in [1.807, 2.05) is 0 Å². The predicted molar refractivity (Wildman–Crippen MR) is 66.5 cm³/mol. The van der Waals surface area contributed by atoms with Crippen LogP contribution in [-0.4, -0.2) is 25.8 Å². The number of rotatable bonds is 2. The highest BCUT2D eigenvalue weighted by Gasteiger charge is 2.29. The smallest absolute Gasteiger partial charge is 0.206 e. The molecular formula is C10H14ClNO2S2. The third kappa shape index (κ3) is 2.42. The first kappa shape index (κ1) is 12.4. The summed E-state index contributed by atoms with van der Waals surface area (Å²) in [4.78, 5) is 0. The molecule has 0 radical (unpaired) electrons. The van der Waals surface area contributed by atoms with Gasteiger partial charge in [-0.15, -0.1) is 11.3 Å². The Bertz CT molecular complexity index is 469. The van der Waals surface area contributed by atoms with Crippen LogP contribution in [0.5, 0.6) is 0 Å². The van der Waals surface area contributed by atoms with Crippen molar-refractivity contribution in [2.24, 2.45) is 5.92 Å². The third-order valence-electron chi connectivity index (χ3n) is 2.76. The van der Waals surface area contributed by atoms with Gasteiger partial charge in [0.15, 0.2) is 0 Å². The summed E-state index contributed by atoms with van der Waals surface area (Å²) in [6.45, 7) is 3.34. The summed E-state index contributed by atoms with van der Waals surface area (Å²) in [5.74, 6) is 0.443. The molecule has 3 nitrogen and oxygen atoms in total. The Hall–Kier alpha value is -0.100. The highest BCUT2D eigenvalue weighted by atomic mass is 35.5. The van der Waals surface area contributed by atoms with Crippen molar-refractivity contribution < 1.29 is 8.42 Å². The number of halogens is 1. The average Bonchev–Trinajstić information content (AvgIpc) is 2.65. The second-order valence-corrected chi connectivity index (χ2v) is 8.05. The summed E-state index contributed by atoms with van der Waals surface area (Å²) >= 11 is 6.89. The van der Waals surface area contributed by atoms with E-state index in [0.717, 1.165) is 24.2 Å². The maximum atomic E-state index is 12.2. The molecule has 16 heavy (non-hydrogen) atoms. The van der Waals surface area contributed by atoms with Crippen molar-refractivity contribution in [3.8, 4) is 0 Å². The van der Waals surface area contributed by atoms with E-state index in [2.05, 4.69) is 6.92 Å². The Balaban J connectivity index is 2.25. The normalized spacial score (nSPS) is 23.5. The molecule has 0 aliphatic carbocycles. The number of thiophene rings is 1. The molecule has 2 rings (SSSR count). The number of piperidine rings is 1. The molecule has 6 heteroatoms. The highest BCUT2D eigenvalue weighted by molar-refractivity contribution is 7.91. The van der Waals surface area contributed by atoms with Crippen LogP contribution in [0.15, 0.2) is 16.3 Å². The van der Waals surface area contributed by atoms with Crippen LogP contribution in [0.1, 0.15) is 19.8 Å². The molecule has 1 saturated heterocycles. The van der Waals surface area contributed by atoms with Crippen molar-refractivity contribution in [2.75, 3.05) is 13.1 Å². The quantitative estimate of drug-likeness (QED) is 0.835. The summed E-state index contributed by atoms with van der Waals surface area (Å²) in [7, 11) is -3.31. The largest absolute Gasteiger partial charge is 0.252 e. The maximum absolute atomic E-state index is 12.2. The fourth-order valence-electron chi connectivity index (χ4n) is 1.93. The van der Waals surface area contributed by atoms with E-state index < -0.39 is 10.0 Å². The molecule has 0 spiro atoms. The van der Waals surface area contributed by atoms with Crippen LogP contribution < -0.4 is 0 Å². The minimum atomic E-state index is -3.31. The van der Waals surface area contributed by atoms with Crippen molar-refractivity contribution >= 4 is 33.0 Å². The topological polar surface area (TPSA) is 37.4 Å². The Morgan fingerprint density at radius 2 is 2.25 bits per heavy atom. The minimum absolute atomic E-state index is 0.353. The van der Waals surface area contributed by atoms with E-state index in [-0.39, 0.29) is 0 Å². The van der Waals surface area contributed by atoms with E-state index in [0.29, 0.717) is 27.6 Å². The number of sulfonamides is 1. The van der Waals surface area contributed by atoms with Gasteiger partial charge in [0.2, 0.25) is 0 Å². The summed E-state index contributed by atoms with van der Waals surface area (Å²) < 4.78 is 26.9. The standard InChI is InChI=1S/C10H14ClNO2S2/c1-8-3-2-6-12(7-8)16(13,14)10-5-4-9(11)15-10/h4-5,8H,2-3,6-7H2,1H3/t8-/m1/s1. The Kier molecular flexibility index (Phi) is 3.59. The number of hydrogen-bond donors (Lipinski definition) is 0. The summed E-state index contributed by atoms with van der Waals surface area (Å²) in [5.41, 5.74) is 0. The Morgan fingerprint density at radius 3 is 2.81 bits per heavy atom. The van der Waals surface area contributed by atoms with Crippen LogP contribution in [0.25, 0.3) is 0 Å². The second kappa shape index (κ2) is 4.64. The van der Waals surface area contributed by atoms with E-state index in [9.17, 15) is 8.42 Å². The van der Waals surface area contributed by atoms with Gasteiger partial charge in [0.1, 0.15) is 4.21 Å². The fraction of sp³-hybridized carbons (Fsp3) is 0.600. The molecule has 0 bridgehead atoms. The number of nitrogens with zero attached hydrogens (tertiary/aromatic N) is 1.